The molecule has 29 heavy (non-hydrogen) atoms. The van der Waals surface area contributed by atoms with Crippen molar-refractivity contribution < 1.29 is 22.8 Å². The van der Waals surface area contributed by atoms with Crippen LogP contribution < -0.4 is 5.32 Å². The molecule has 8 heteroatoms. The lowest BCUT2D eigenvalue weighted by Crippen LogP contribution is -2.51. The van der Waals surface area contributed by atoms with Gasteiger partial charge in [0.1, 0.15) is 0 Å². The molecule has 1 aliphatic carbocycles. The average Bonchev–Trinajstić information content (AvgIpc) is 3.22. The topological polar surface area (TPSA) is 52.7 Å². The van der Waals surface area contributed by atoms with Crippen LogP contribution in [0.2, 0.25) is 0 Å². The van der Waals surface area contributed by atoms with Crippen LogP contribution in [0.5, 0.6) is 0 Å². The second-order valence-corrected chi connectivity index (χ2v) is 7.83. The molecule has 1 N–H and O–H groups in total. The third-order valence-corrected chi connectivity index (χ3v) is 5.81. The van der Waals surface area contributed by atoms with Gasteiger partial charge in [-0.25, -0.2) is 0 Å². The van der Waals surface area contributed by atoms with Crippen molar-refractivity contribution in [3.8, 4) is 0 Å². The van der Waals surface area contributed by atoms with Crippen molar-refractivity contribution >= 4 is 11.8 Å². The molecule has 1 aliphatic heterocycles. The van der Waals surface area contributed by atoms with E-state index in [0.29, 0.717) is 26.2 Å². The Morgan fingerprint density at radius 3 is 2.34 bits per heavy atom. The Balaban J connectivity index is 1.38. The van der Waals surface area contributed by atoms with Crippen molar-refractivity contribution in [2.24, 2.45) is 5.92 Å². The van der Waals surface area contributed by atoms with E-state index in [0.717, 1.165) is 44.8 Å². The first-order valence-corrected chi connectivity index (χ1v) is 10.3. The maximum atomic E-state index is 13.0. The number of carbonyl (C=O) groups excluding carboxylic acids is 2. The quantitative estimate of drug-likeness (QED) is 0.783. The zero-order valence-electron chi connectivity index (χ0n) is 16.5. The Hall–Kier alpha value is -2.09. The second-order valence-electron chi connectivity index (χ2n) is 7.83. The van der Waals surface area contributed by atoms with Gasteiger partial charge in [0, 0.05) is 45.2 Å². The van der Waals surface area contributed by atoms with Crippen molar-refractivity contribution in [2.75, 3.05) is 39.3 Å². The van der Waals surface area contributed by atoms with Crippen molar-refractivity contribution in [2.45, 2.75) is 38.3 Å². The molecule has 2 amide bonds. The van der Waals surface area contributed by atoms with Crippen molar-refractivity contribution in [1.29, 1.82) is 0 Å². The van der Waals surface area contributed by atoms with Gasteiger partial charge >= 0.3 is 6.18 Å². The number of nitrogens with zero attached hydrogens (tertiary/aromatic N) is 2. The third-order valence-electron chi connectivity index (χ3n) is 5.81. The van der Waals surface area contributed by atoms with Crippen molar-refractivity contribution in [3.63, 3.8) is 0 Å². The fourth-order valence-corrected chi connectivity index (χ4v) is 4.16. The maximum Gasteiger partial charge on any atom is 0.416 e. The molecular formula is C21H28F3N3O2. The lowest BCUT2D eigenvalue weighted by molar-refractivity contribution is -0.138. The number of nitrogens with one attached hydrogen (secondary N) is 1. The summed E-state index contributed by atoms with van der Waals surface area (Å²) in [6.07, 6.45) is -0.468. The summed E-state index contributed by atoms with van der Waals surface area (Å²) in [5.74, 6) is 0.0518. The number of halogens is 3. The van der Waals surface area contributed by atoms with Crippen LogP contribution in [-0.2, 0) is 22.2 Å². The molecule has 1 saturated heterocycles. The van der Waals surface area contributed by atoms with Gasteiger partial charge in [-0.15, -0.1) is 0 Å². The predicted octanol–water partition coefficient (Wildman–Crippen LogP) is 2.70. The van der Waals surface area contributed by atoms with E-state index < -0.39 is 17.6 Å². The molecular weight excluding hydrogens is 383 g/mol. The minimum Gasteiger partial charge on any atom is -0.355 e. The summed E-state index contributed by atoms with van der Waals surface area (Å²) in [5, 5.41) is 2.71. The fourth-order valence-electron chi connectivity index (χ4n) is 4.16. The highest BCUT2D eigenvalue weighted by Crippen LogP contribution is 2.32. The normalized spacial score (nSPS) is 18.8. The minimum absolute atomic E-state index is 0.0171. The minimum atomic E-state index is -4.47. The van der Waals surface area contributed by atoms with Gasteiger partial charge < -0.3 is 10.2 Å². The number of piperazine rings is 1. The van der Waals surface area contributed by atoms with E-state index in [1.165, 1.54) is 18.2 Å². The molecule has 1 saturated carbocycles. The summed E-state index contributed by atoms with van der Waals surface area (Å²) in [6, 6.07) is 5.16. The number of benzene rings is 1. The molecule has 0 bridgehead atoms. The number of carbonyl (C=O) groups is 2. The van der Waals surface area contributed by atoms with Gasteiger partial charge in [-0.2, -0.15) is 13.2 Å². The van der Waals surface area contributed by atoms with Crippen molar-refractivity contribution in [1.82, 2.24) is 15.1 Å². The van der Waals surface area contributed by atoms with E-state index in [-0.39, 0.29) is 23.8 Å². The van der Waals surface area contributed by atoms with Gasteiger partial charge in [-0.1, -0.05) is 31.0 Å². The summed E-state index contributed by atoms with van der Waals surface area (Å²) < 4.78 is 39.0. The lowest BCUT2D eigenvalue weighted by atomic mass is 10.0. The predicted molar refractivity (Wildman–Crippen MR) is 103 cm³/mol. The Labute approximate surface area is 169 Å². The number of rotatable bonds is 6. The highest BCUT2D eigenvalue weighted by Gasteiger charge is 2.33. The molecule has 5 nitrogen and oxygen atoms in total. The Kier molecular flexibility index (Phi) is 7.16. The van der Waals surface area contributed by atoms with Crippen LogP contribution in [0.3, 0.4) is 0 Å². The maximum absolute atomic E-state index is 13.0. The zero-order chi connectivity index (χ0) is 20.9. The number of hydrogen-bond acceptors (Lipinski definition) is 3. The summed E-state index contributed by atoms with van der Waals surface area (Å²) in [4.78, 5) is 28.6. The number of amides is 2. The molecule has 1 aromatic rings. The first-order valence-electron chi connectivity index (χ1n) is 10.3. The van der Waals surface area contributed by atoms with Gasteiger partial charge in [0.25, 0.3) is 0 Å². The first-order chi connectivity index (χ1) is 13.8. The van der Waals surface area contributed by atoms with E-state index >= 15 is 0 Å². The molecule has 1 aromatic carbocycles. The van der Waals surface area contributed by atoms with Gasteiger partial charge in [-0.05, 0) is 24.5 Å². The highest BCUT2D eigenvalue weighted by atomic mass is 19.4. The summed E-state index contributed by atoms with van der Waals surface area (Å²) in [5.41, 5.74) is -0.783. The van der Waals surface area contributed by atoms with Crippen LogP contribution in [0.4, 0.5) is 13.2 Å². The molecule has 0 unspecified atom stereocenters. The molecule has 2 fully saturated rings. The standard InChI is InChI=1S/C21H28F3N3O2/c22-21(23,24)18-8-4-3-7-17(18)15-19(28)25-9-10-26-11-13-27(14-12-26)20(29)16-5-1-2-6-16/h3-4,7-8,16H,1-2,5-6,9-15H2,(H,25,28). The Morgan fingerprint density at radius 2 is 1.69 bits per heavy atom. The Morgan fingerprint density at radius 1 is 1.03 bits per heavy atom. The van der Waals surface area contributed by atoms with E-state index in [1.54, 1.807) is 0 Å². The fraction of sp³-hybridized carbons (Fsp3) is 0.619. The summed E-state index contributed by atoms with van der Waals surface area (Å²) in [7, 11) is 0. The molecule has 3 rings (SSSR count). The first kappa shape index (κ1) is 21.6. The van der Waals surface area contributed by atoms with Gasteiger partial charge in [0.2, 0.25) is 11.8 Å². The number of alkyl halides is 3. The van der Waals surface area contributed by atoms with Crippen LogP contribution >= 0.6 is 0 Å². The monoisotopic (exact) mass is 411 g/mol. The van der Waals surface area contributed by atoms with E-state index in [9.17, 15) is 22.8 Å². The van der Waals surface area contributed by atoms with E-state index in [4.69, 9.17) is 0 Å². The smallest absolute Gasteiger partial charge is 0.355 e. The van der Waals surface area contributed by atoms with Crippen LogP contribution in [0.25, 0.3) is 0 Å². The van der Waals surface area contributed by atoms with Gasteiger partial charge in [-0.3, -0.25) is 14.5 Å². The summed E-state index contributed by atoms with van der Waals surface area (Å²) in [6.45, 7) is 3.91. The second kappa shape index (κ2) is 9.61. The summed E-state index contributed by atoms with van der Waals surface area (Å²) >= 11 is 0. The largest absolute Gasteiger partial charge is 0.416 e. The van der Waals surface area contributed by atoms with E-state index in [2.05, 4.69) is 10.2 Å². The van der Waals surface area contributed by atoms with Gasteiger partial charge in [0.15, 0.2) is 0 Å². The molecule has 0 spiro atoms. The SMILES string of the molecule is O=C(Cc1ccccc1C(F)(F)F)NCCN1CCN(C(=O)C2CCCC2)CC1. The molecule has 0 radical (unpaired) electrons. The highest BCUT2D eigenvalue weighted by molar-refractivity contribution is 5.79. The Bertz CT molecular complexity index is 709. The zero-order valence-corrected chi connectivity index (χ0v) is 16.5. The van der Waals surface area contributed by atoms with Crippen LogP contribution in [0.1, 0.15) is 36.8 Å². The van der Waals surface area contributed by atoms with Crippen molar-refractivity contribution in [3.05, 3.63) is 35.4 Å². The molecule has 1 heterocycles. The van der Waals surface area contributed by atoms with Gasteiger partial charge in [0.05, 0.1) is 12.0 Å². The van der Waals surface area contributed by atoms with E-state index in [1.807, 2.05) is 4.90 Å². The third kappa shape index (κ3) is 5.95. The van der Waals surface area contributed by atoms with Crippen LogP contribution in [0.15, 0.2) is 24.3 Å². The molecule has 2 aliphatic rings. The number of hydrogen-bond donors (Lipinski definition) is 1. The van der Waals surface area contributed by atoms with Crippen LogP contribution in [0, 0.1) is 5.92 Å². The lowest BCUT2D eigenvalue weighted by Gasteiger charge is -2.36. The molecule has 160 valence electrons. The molecule has 0 atom stereocenters. The molecule has 0 aromatic heterocycles. The average molecular weight is 411 g/mol. The van der Waals surface area contributed by atoms with Crippen LogP contribution in [-0.4, -0.2) is 60.9 Å².